The maximum Gasteiger partial charge on any atom is 0.221 e. The maximum atomic E-state index is 11.9. The number of rotatable bonds is 7. The fourth-order valence-electron chi connectivity index (χ4n) is 2.94. The number of benzene rings is 1. The molecule has 1 heterocycles. The van der Waals surface area contributed by atoms with Crippen molar-refractivity contribution in [2.75, 3.05) is 31.6 Å². The number of nitrogens with one attached hydrogen (secondary N) is 1. The van der Waals surface area contributed by atoms with Gasteiger partial charge in [0.15, 0.2) is 0 Å². The van der Waals surface area contributed by atoms with Crippen LogP contribution in [-0.4, -0.2) is 50.9 Å². The minimum absolute atomic E-state index is 0.0281. The SMILES string of the molecule is CS(=O)(=O)CCC(=O)NCC(c1ccccc1)N1CCCCC1. The molecule has 6 heteroatoms. The van der Waals surface area contributed by atoms with Crippen LogP contribution in [0.1, 0.15) is 37.3 Å². The lowest BCUT2D eigenvalue weighted by Gasteiger charge is -2.35. The lowest BCUT2D eigenvalue weighted by atomic mass is 10.0. The van der Waals surface area contributed by atoms with Crippen LogP contribution >= 0.6 is 0 Å². The van der Waals surface area contributed by atoms with E-state index < -0.39 is 9.84 Å². The van der Waals surface area contributed by atoms with Gasteiger partial charge in [-0.1, -0.05) is 36.8 Å². The van der Waals surface area contributed by atoms with E-state index >= 15 is 0 Å². The maximum absolute atomic E-state index is 11.9. The smallest absolute Gasteiger partial charge is 0.221 e. The van der Waals surface area contributed by atoms with E-state index in [0.29, 0.717) is 6.54 Å². The van der Waals surface area contributed by atoms with Crippen molar-refractivity contribution in [3.8, 4) is 0 Å². The van der Waals surface area contributed by atoms with Crippen LogP contribution in [0.25, 0.3) is 0 Å². The summed E-state index contributed by atoms with van der Waals surface area (Å²) in [7, 11) is -3.10. The first-order valence-corrected chi connectivity index (χ1v) is 10.3. The zero-order valence-corrected chi connectivity index (χ0v) is 14.5. The van der Waals surface area contributed by atoms with E-state index in [-0.39, 0.29) is 24.1 Å². The van der Waals surface area contributed by atoms with Crippen molar-refractivity contribution in [1.29, 1.82) is 0 Å². The first-order valence-electron chi connectivity index (χ1n) is 8.19. The van der Waals surface area contributed by atoms with Crippen molar-refractivity contribution in [1.82, 2.24) is 10.2 Å². The molecule has 0 aromatic heterocycles. The summed E-state index contributed by atoms with van der Waals surface area (Å²) in [5, 5.41) is 2.91. The first kappa shape index (κ1) is 17.9. The molecular formula is C17H26N2O3S. The number of hydrogen-bond acceptors (Lipinski definition) is 4. The summed E-state index contributed by atoms with van der Waals surface area (Å²) in [5.74, 6) is -0.299. The van der Waals surface area contributed by atoms with Crippen molar-refractivity contribution in [3.63, 3.8) is 0 Å². The molecule has 1 amide bonds. The van der Waals surface area contributed by atoms with Gasteiger partial charge in [-0.3, -0.25) is 9.69 Å². The number of amides is 1. The van der Waals surface area contributed by atoms with Crippen LogP contribution in [0.15, 0.2) is 30.3 Å². The highest BCUT2D eigenvalue weighted by Crippen LogP contribution is 2.23. The Balaban J connectivity index is 1.96. The van der Waals surface area contributed by atoms with Gasteiger partial charge in [-0.2, -0.15) is 0 Å². The Morgan fingerprint density at radius 3 is 2.43 bits per heavy atom. The third-order valence-corrected chi connectivity index (χ3v) is 5.15. The molecule has 1 saturated heterocycles. The number of piperidine rings is 1. The molecule has 0 bridgehead atoms. The van der Waals surface area contributed by atoms with Crippen LogP contribution in [0.4, 0.5) is 0 Å². The summed E-state index contributed by atoms with van der Waals surface area (Å²) < 4.78 is 22.3. The second kappa shape index (κ2) is 8.45. The van der Waals surface area contributed by atoms with Gasteiger partial charge in [0.05, 0.1) is 11.8 Å². The lowest BCUT2D eigenvalue weighted by Crippen LogP contribution is -2.40. The van der Waals surface area contributed by atoms with E-state index in [2.05, 4.69) is 22.3 Å². The van der Waals surface area contributed by atoms with Crippen LogP contribution in [0, 0.1) is 0 Å². The molecule has 1 aromatic rings. The summed E-state index contributed by atoms with van der Waals surface area (Å²) in [6, 6.07) is 10.3. The predicted octanol–water partition coefficient (Wildman–Crippen LogP) is 1.76. The van der Waals surface area contributed by atoms with E-state index in [9.17, 15) is 13.2 Å². The number of likely N-dealkylation sites (tertiary alicyclic amines) is 1. The Morgan fingerprint density at radius 1 is 1.17 bits per heavy atom. The molecule has 1 aromatic carbocycles. The normalized spacial score (nSPS) is 17.6. The minimum Gasteiger partial charge on any atom is -0.354 e. The lowest BCUT2D eigenvalue weighted by molar-refractivity contribution is -0.121. The topological polar surface area (TPSA) is 66.5 Å². The van der Waals surface area contributed by atoms with E-state index in [0.717, 1.165) is 19.3 Å². The Labute approximate surface area is 139 Å². The standard InChI is InChI=1S/C17H26N2O3S/c1-23(21,22)13-10-17(20)18-14-16(15-8-4-2-5-9-15)19-11-6-3-7-12-19/h2,4-5,8-9,16H,3,6-7,10-14H2,1H3,(H,18,20). The zero-order valence-electron chi connectivity index (χ0n) is 13.7. The summed E-state index contributed by atoms with van der Waals surface area (Å²) in [6.45, 7) is 2.60. The molecule has 0 saturated carbocycles. The molecule has 23 heavy (non-hydrogen) atoms. The summed E-state index contributed by atoms with van der Waals surface area (Å²) in [5.41, 5.74) is 1.19. The molecule has 1 atom stereocenters. The summed E-state index contributed by atoms with van der Waals surface area (Å²) in [6.07, 6.45) is 4.82. The van der Waals surface area contributed by atoms with Gasteiger partial charge in [-0.05, 0) is 31.5 Å². The van der Waals surface area contributed by atoms with Gasteiger partial charge in [0, 0.05) is 19.2 Å². The van der Waals surface area contributed by atoms with Crippen LogP contribution in [0.2, 0.25) is 0 Å². The predicted molar refractivity (Wildman–Crippen MR) is 91.9 cm³/mol. The molecule has 1 aliphatic heterocycles. The average Bonchev–Trinajstić information content (AvgIpc) is 2.54. The number of carbonyl (C=O) groups is 1. The number of sulfone groups is 1. The summed E-state index contributed by atoms with van der Waals surface area (Å²) in [4.78, 5) is 14.3. The largest absolute Gasteiger partial charge is 0.354 e. The molecule has 1 fully saturated rings. The monoisotopic (exact) mass is 338 g/mol. The second-order valence-electron chi connectivity index (χ2n) is 6.21. The highest BCUT2D eigenvalue weighted by Gasteiger charge is 2.22. The van der Waals surface area contributed by atoms with Crippen molar-refractivity contribution in [3.05, 3.63) is 35.9 Å². The Bertz CT molecular complexity index is 596. The first-order chi connectivity index (χ1) is 11.0. The van der Waals surface area contributed by atoms with Gasteiger partial charge in [-0.15, -0.1) is 0 Å². The molecule has 1 unspecified atom stereocenters. The molecule has 0 spiro atoms. The summed E-state index contributed by atoms with van der Waals surface area (Å²) >= 11 is 0. The third kappa shape index (κ3) is 6.31. The van der Waals surface area contributed by atoms with Crippen molar-refractivity contribution in [2.24, 2.45) is 0 Å². The van der Waals surface area contributed by atoms with E-state index in [1.807, 2.05) is 18.2 Å². The van der Waals surface area contributed by atoms with Crippen LogP contribution in [0.3, 0.4) is 0 Å². The van der Waals surface area contributed by atoms with E-state index in [1.54, 1.807) is 0 Å². The van der Waals surface area contributed by atoms with Gasteiger partial charge in [-0.25, -0.2) is 8.42 Å². The number of nitrogens with zero attached hydrogens (tertiary/aromatic N) is 1. The van der Waals surface area contributed by atoms with Gasteiger partial charge >= 0.3 is 0 Å². The van der Waals surface area contributed by atoms with E-state index in [1.165, 1.54) is 24.8 Å². The highest BCUT2D eigenvalue weighted by atomic mass is 32.2. The van der Waals surface area contributed by atoms with Crippen LogP contribution < -0.4 is 5.32 Å². The van der Waals surface area contributed by atoms with Crippen molar-refractivity contribution < 1.29 is 13.2 Å². The number of hydrogen-bond donors (Lipinski definition) is 1. The molecule has 2 rings (SSSR count). The number of carbonyl (C=O) groups excluding carboxylic acids is 1. The average molecular weight is 338 g/mol. The van der Waals surface area contributed by atoms with Gasteiger partial charge in [0.1, 0.15) is 9.84 Å². The molecule has 0 aliphatic carbocycles. The van der Waals surface area contributed by atoms with Crippen LogP contribution in [0.5, 0.6) is 0 Å². The molecule has 0 radical (unpaired) electrons. The fourth-order valence-corrected chi connectivity index (χ4v) is 3.50. The van der Waals surface area contributed by atoms with Crippen LogP contribution in [-0.2, 0) is 14.6 Å². The van der Waals surface area contributed by atoms with Crippen molar-refractivity contribution in [2.45, 2.75) is 31.7 Å². The minimum atomic E-state index is -3.10. The van der Waals surface area contributed by atoms with Gasteiger partial charge < -0.3 is 5.32 Å². The molecule has 5 nitrogen and oxygen atoms in total. The molecule has 128 valence electrons. The van der Waals surface area contributed by atoms with Crippen molar-refractivity contribution >= 4 is 15.7 Å². The second-order valence-corrected chi connectivity index (χ2v) is 8.47. The van der Waals surface area contributed by atoms with E-state index in [4.69, 9.17) is 0 Å². The quantitative estimate of drug-likeness (QED) is 0.823. The Hall–Kier alpha value is -1.40. The highest BCUT2D eigenvalue weighted by molar-refractivity contribution is 7.90. The van der Waals surface area contributed by atoms with Gasteiger partial charge in [0.2, 0.25) is 5.91 Å². The molecular weight excluding hydrogens is 312 g/mol. The fraction of sp³-hybridized carbons (Fsp3) is 0.588. The molecule has 1 aliphatic rings. The Morgan fingerprint density at radius 2 is 1.83 bits per heavy atom. The Kier molecular flexibility index (Phi) is 6.59. The molecule has 1 N–H and O–H groups in total. The third-order valence-electron chi connectivity index (χ3n) is 4.21. The zero-order chi connectivity index (χ0) is 16.7. The van der Waals surface area contributed by atoms with Gasteiger partial charge in [0.25, 0.3) is 0 Å².